The number of piperidine rings is 1. The molecular formula is C18H32N3O+3. The minimum absolute atomic E-state index is 0.912. The van der Waals surface area contributed by atoms with Crippen LogP contribution in [0.25, 0.3) is 0 Å². The van der Waals surface area contributed by atoms with E-state index in [0.29, 0.717) is 0 Å². The van der Waals surface area contributed by atoms with E-state index in [2.05, 4.69) is 31.3 Å². The summed E-state index contributed by atoms with van der Waals surface area (Å²) in [5, 5.41) is 0. The average molecular weight is 306 g/mol. The molecule has 3 rings (SSSR count). The second-order valence-corrected chi connectivity index (χ2v) is 7.13. The number of methoxy groups -OCH3 is 1. The average Bonchev–Trinajstić information content (AvgIpc) is 2.57. The maximum atomic E-state index is 5.49. The van der Waals surface area contributed by atoms with Crippen molar-refractivity contribution in [1.29, 1.82) is 0 Å². The predicted octanol–water partition coefficient (Wildman–Crippen LogP) is -2.34. The number of likely N-dealkylation sites (tertiary alicyclic amines) is 1. The molecule has 2 saturated heterocycles. The zero-order valence-electron chi connectivity index (χ0n) is 14.2. The van der Waals surface area contributed by atoms with Crippen LogP contribution in [-0.4, -0.2) is 59.5 Å². The molecule has 3 N–H and O–H groups in total. The number of piperazine rings is 1. The van der Waals surface area contributed by atoms with E-state index in [1.807, 2.05) is 4.90 Å². The Bertz CT molecular complexity index is 463. The first-order valence-electron chi connectivity index (χ1n) is 8.87. The Morgan fingerprint density at radius 2 is 1.68 bits per heavy atom. The lowest BCUT2D eigenvalue weighted by atomic mass is 10.0. The van der Waals surface area contributed by atoms with E-state index in [1.165, 1.54) is 57.7 Å². The highest BCUT2D eigenvalue weighted by atomic mass is 16.5. The number of quaternary nitrogens is 3. The zero-order chi connectivity index (χ0) is 15.4. The number of nitrogens with one attached hydrogen (secondary N) is 3. The summed E-state index contributed by atoms with van der Waals surface area (Å²) in [6.45, 7) is 9.19. The van der Waals surface area contributed by atoms with E-state index in [9.17, 15) is 0 Å². The predicted molar refractivity (Wildman–Crippen MR) is 87.7 cm³/mol. The number of para-hydroxylation sites is 1. The van der Waals surface area contributed by atoms with Gasteiger partial charge in [0.1, 0.15) is 38.5 Å². The van der Waals surface area contributed by atoms with Gasteiger partial charge in [-0.2, -0.15) is 0 Å². The fourth-order valence-corrected chi connectivity index (χ4v) is 4.14. The molecule has 2 aliphatic rings. The van der Waals surface area contributed by atoms with Gasteiger partial charge in [-0.3, -0.25) is 0 Å². The summed E-state index contributed by atoms with van der Waals surface area (Å²) in [6, 6.07) is 9.39. The SMILES string of the molecule is COc1ccccc1C[NH+]1CCC([NH+]2CC[NH+](C)CC2)CC1. The molecule has 0 aliphatic carbocycles. The van der Waals surface area contributed by atoms with Gasteiger partial charge in [0.05, 0.1) is 33.3 Å². The normalized spacial score (nSPS) is 32.6. The number of benzene rings is 1. The third kappa shape index (κ3) is 3.80. The van der Waals surface area contributed by atoms with E-state index in [4.69, 9.17) is 4.74 Å². The van der Waals surface area contributed by atoms with Gasteiger partial charge in [-0.1, -0.05) is 12.1 Å². The van der Waals surface area contributed by atoms with Crippen molar-refractivity contribution in [1.82, 2.24) is 0 Å². The van der Waals surface area contributed by atoms with Crippen LogP contribution >= 0.6 is 0 Å². The van der Waals surface area contributed by atoms with Gasteiger partial charge in [-0.25, -0.2) is 0 Å². The van der Waals surface area contributed by atoms with Crippen LogP contribution in [0.2, 0.25) is 0 Å². The van der Waals surface area contributed by atoms with Crippen LogP contribution < -0.4 is 19.4 Å². The first-order valence-corrected chi connectivity index (χ1v) is 8.87. The van der Waals surface area contributed by atoms with Crippen LogP contribution in [-0.2, 0) is 6.54 Å². The lowest BCUT2D eigenvalue weighted by Gasteiger charge is -2.37. The molecule has 0 radical (unpaired) electrons. The highest BCUT2D eigenvalue weighted by Crippen LogP contribution is 2.16. The molecule has 0 unspecified atom stereocenters. The highest BCUT2D eigenvalue weighted by molar-refractivity contribution is 5.32. The summed E-state index contributed by atoms with van der Waals surface area (Å²) in [6.07, 6.45) is 2.78. The fraction of sp³-hybridized carbons (Fsp3) is 0.667. The van der Waals surface area contributed by atoms with Gasteiger partial charge in [0, 0.05) is 18.4 Å². The Morgan fingerprint density at radius 3 is 2.36 bits per heavy atom. The molecule has 1 aromatic rings. The van der Waals surface area contributed by atoms with E-state index in [1.54, 1.807) is 16.9 Å². The van der Waals surface area contributed by atoms with E-state index >= 15 is 0 Å². The smallest absolute Gasteiger partial charge is 0.127 e. The number of rotatable bonds is 4. The lowest BCUT2D eigenvalue weighted by molar-refractivity contribution is -1.02. The van der Waals surface area contributed by atoms with E-state index < -0.39 is 0 Å². The van der Waals surface area contributed by atoms with Crippen molar-refractivity contribution < 1.29 is 19.4 Å². The Kier molecular flexibility index (Phi) is 5.34. The largest absolute Gasteiger partial charge is 0.496 e. The molecule has 0 saturated carbocycles. The van der Waals surface area contributed by atoms with Gasteiger partial charge in [0.15, 0.2) is 0 Å². The summed E-state index contributed by atoms with van der Waals surface area (Å²) in [4.78, 5) is 5.31. The summed E-state index contributed by atoms with van der Waals surface area (Å²) < 4.78 is 5.49. The topological polar surface area (TPSA) is 22.6 Å². The van der Waals surface area contributed by atoms with Crippen LogP contribution in [0.3, 0.4) is 0 Å². The van der Waals surface area contributed by atoms with Gasteiger partial charge >= 0.3 is 0 Å². The minimum Gasteiger partial charge on any atom is -0.496 e. The summed E-state index contributed by atoms with van der Waals surface area (Å²) >= 11 is 0. The van der Waals surface area contributed by atoms with Crippen molar-refractivity contribution >= 4 is 0 Å². The minimum atomic E-state index is 0.912. The molecule has 4 heteroatoms. The molecule has 0 bridgehead atoms. The number of hydrogen-bond donors (Lipinski definition) is 3. The quantitative estimate of drug-likeness (QED) is 0.570. The van der Waals surface area contributed by atoms with Crippen LogP contribution in [0.15, 0.2) is 24.3 Å². The van der Waals surface area contributed by atoms with Crippen LogP contribution in [0.1, 0.15) is 18.4 Å². The highest BCUT2D eigenvalue weighted by Gasteiger charge is 2.32. The van der Waals surface area contributed by atoms with Crippen molar-refractivity contribution in [2.45, 2.75) is 25.4 Å². The van der Waals surface area contributed by atoms with Gasteiger partial charge in [-0.05, 0) is 12.1 Å². The van der Waals surface area contributed by atoms with E-state index in [-0.39, 0.29) is 0 Å². The molecule has 2 heterocycles. The summed E-state index contributed by atoms with van der Waals surface area (Å²) in [5.74, 6) is 1.05. The lowest BCUT2D eigenvalue weighted by Crippen LogP contribution is -3.29. The molecule has 2 aliphatic heterocycles. The van der Waals surface area contributed by atoms with Gasteiger partial charge < -0.3 is 19.4 Å². The second kappa shape index (κ2) is 7.44. The molecular weight excluding hydrogens is 274 g/mol. The van der Waals surface area contributed by atoms with Crippen molar-refractivity contribution in [2.24, 2.45) is 0 Å². The van der Waals surface area contributed by atoms with Gasteiger partial charge in [-0.15, -0.1) is 0 Å². The zero-order valence-corrected chi connectivity index (χ0v) is 14.2. The molecule has 122 valence electrons. The first kappa shape index (κ1) is 15.8. The van der Waals surface area contributed by atoms with Gasteiger partial charge in [0.2, 0.25) is 0 Å². The maximum Gasteiger partial charge on any atom is 0.127 e. The fourth-order valence-electron chi connectivity index (χ4n) is 4.14. The second-order valence-electron chi connectivity index (χ2n) is 7.13. The summed E-state index contributed by atoms with van der Waals surface area (Å²) in [7, 11) is 4.11. The number of likely N-dealkylation sites (N-methyl/N-ethyl adjacent to an activating group) is 1. The Balaban J connectivity index is 1.49. The Hall–Kier alpha value is -1.10. The van der Waals surface area contributed by atoms with Gasteiger partial charge in [0.25, 0.3) is 0 Å². The molecule has 2 fully saturated rings. The molecule has 22 heavy (non-hydrogen) atoms. The monoisotopic (exact) mass is 306 g/mol. The number of ether oxygens (including phenoxy) is 1. The molecule has 0 atom stereocenters. The maximum absolute atomic E-state index is 5.49. The third-order valence-electron chi connectivity index (χ3n) is 5.65. The molecule has 0 amide bonds. The third-order valence-corrected chi connectivity index (χ3v) is 5.65. The standard InChI is InChI=1S/C18H29N3O/c1-19-11-13-21(14-12-19)17-7-9-20(10-8-17)15-16-5-3-4-6-18(16)22-2/h3-6,17H,7-15H2,1-2H3/p+3. The Labute approximate surface area is 134 Å². The van der Waals surface area contributed by atoms with Crippen molar-refractivity contribution in [3.8, 4) is 5.75 Å². The summed E-state index contributed by atoms with van der Waals surface area (Å²) in [5.41, 5.74) is 1.36. The van der Waals surface area contributed by atoms with Crippen molar-refractivity contribution in [3.05, 3.63) is 29.8 Å². The van der Waals surface area contributed by atoms with E-state index in [0.717, 1.165) is 18.3 Å². The van der Waals surface area contributed by atoms with Crippen LogP contribution in [0.4, 0.5) is 0 Å². The molecule has 1 aromatic carbocycles. The molecule has 4 nitrogen and oxygen atoms in total. The van der Waals surface area contributed by atoms with Crippen molar-refractivity contribution in [3.63, 3.8) is 0 Å². The van der Waals surface area contributed by atoms with Crippen LogP contribution in [0.5, 0.6) is 5.75 Å². The molecule has 0 aromatic heterocycles. The van der Waals surface area contributed by atoms with Crippen molar-refractivity contribution in [2.75, 3.05) is 53.4 Å². The number of hydrogen-bond acceptors (Lipinski definition) is 1. The first-order chi connectivity index (χ1) is 10.8. The molecule has 0 spiro atoms. The van der Waals surface area contributed by atoms with Crippen LogP contribution in [0, 0.1) is 0 Å². The Morgan fingerprint density at radius 1 is 1.00 bits per heavy atom.